The van der Waals surface area contributed by atoms with Gasteiger partial charge in [-0.3, -0.25) is 0 Å². The Labute approximate surface area is 99.4 Å². The van der Waals surface area contributed by atoms with Crippen LogP contribution in [0.5, 0.6) is 0 Å². The standard InChI is InChI=1S/C11H11ClS2/c1-9(12)7-8-14-11(13)10-5-3-2-4-6-10/h2-7H,8H2,1H3/b9-7-. The Balaban J connectivity index is 2.48. The number of benzene rings is 1. The van der Waals surface area contributed by atoms with Crippen molar-refractivity contribution in [2.24, 2.45) is 0 Å². The van der Waals surface area contributed by atoms with E-state index in [2.05, 4.69) is 0 Å². The van der Waals surface area contributed by atoms with Crippen LogP contribution in [0.1, 0.15) is 12.5 Å². The molecule has 0 atom stereocenters. The zero-order valence-corrected chi connectivity index (χ0v) is 10.3. The van der Waals surface area contributed by atoms with Gasteiger partial charge in [0, 0.05) is 10.8 Å². The van der Waals surface area contributed by atoms with E-state index in [1.165, 1.54) is 0 Å². The van der Waals surface area contributed by atoms with Gasteiger partial charge in [-0.25, -0.2) is 0 Å². The van der Waals surface area contributed by atoms with Crippen LogP contribution in [0.25, 0.3) is 0 Å². The number of thioether (sulfide) groups is 1. The summed E-state index contributed by atoms with van der Waals surface area (Å²) in [7, 11) is 0. The third-order valence-electron chi connectivity index (χ3n) is 1.59. The van der Waals surface area contributed by atoms with Crippen LogP contribution in [0, 0.1) is 0 Å². The highest BCUT2D eigenvalue weighted by atomic mass is 35.5. The molecule has 0 N–H and O–H groups in total. The monoisotopic (exact) mass is 242 g/mol. The maximum atomic E-state index is 5.71. The Hall–Kier alpha value is -0.310. The lowest BCUT2D eigenvalue weighted by atomic mass is 10.2. The molecule has 3 heteroatoms. The zero-order chi connectivity index (χ0) is 10.4. The van der Waals surface area contributed by atoms with Gasteiger partial charge in [-0.15, -0.1) is 11.8 Å². The van der Waals surface area contributed by atoms with Crippen molar-refractivity contribution in [1.82, 2.24) is 0 Å². The van der Waals surface area contributed by atoms with Gasteiger partial charge in [0.05, 0.1) is 4.20 Å². The first kappa shape index (κ1) is 11.8. The van der Waals surface area contributed by atoms with E-state index in [0.29, 0.717) is 0 Å². The first-order valence-corrected chi connectivity index (χ1v) is 6.02. The Morgan fingerprint density at radius 3 is 2.64 bits per heavy atom. The molecule has 0 amide bonds. The van der Waals surface area contributed by atoms with Crippen LogP contribution >= 0.6 is 35.6 Å². The number of rotatable bonds is 3. The highest BCUT2D eigenvalue weighted by Crippen LogP contribution is 2.14. The van der Waals surface area contributed by atoms with Gasteiger partial charge >= 0.3 is 0 Å². The molecule has 0 aliphatic heterocycles. The molecule has 0 radical (unpaired) electrons. The second-order valence-corrected chi connectivity index (χ2v) is 5.05. The largest absolute Gasteiger partial charge is 0.110 e. The highest BCUT2D eigenvalue weighted by molar-refractivity contribution is 8.23. The zero-order valence-electron chi connectivity index (χ0n) is 7.87. The topological polar surface area (TPSA) is 0 Å². The molecule has 0 aromatic heterocycles. The van der Waals surface area contributed by atoms with E-state index in [1.54, 1.807) is 11.8 Å². The summed E-state index contributed by atoms with van der Waals surface area (Å²) in [5, 5.41) is 0.813. The summed E-state index contributed by atoms with van der Waals surface area (Å²) in [6.45, 7) is 1.87. The van der Waals surface area contributed by atoms with Crippen LogP contribution in [0.3, 0.4) is 0 Å². The van der Waals surface area contributed by atoms with Gasteiger partial charge in [-0.05, 0) is 12.5 Å². The number of allylic oxidation sites excluding steroid dienone is 1. The summed E-state index contributed by atoms with van der Waals surface area (Å²) in [6, 6.07) is 10.0. The third kappa shape index (κ3) is 4.27. The van der Waals surface area contributed by atoms with Gasteiger partial charge in [0.15, 0.2) is 0 Å². The van der Waals surface area contributed by atoms with E-state index in [1.807, 2.05) is 43.3 Å². The summed E-state index contributed by atoms with van der Waals surface area (Å²) in [5.74, 6) is 0.836. The van der Waals surface area contributed by atoms with E-state index in [9.17, 15) is 0 Å². The molecule has 74 valence electrons. The number of halogens is 1. The summed E-state index contributed by atoms with van der Waals surface area (Å²) < 4.78 is 0.916. The van der Waals surface area contributed by atoms with Crippen LogP contribution in [-0.4, -0.2) is 9.95 Å². The predicted octanol–water partition coefficient (Wildman–Crippen LogP) is 4.24. The van der Waals surface area contributed by atoms with Gasteiger partial charge < -0.3 is 0 Å². The quantitative estimate of drug-likeness (QED) is 0.728. The first-order valence-electron chi connectivity index (χ1n) is 4.24. The van der Waals surface area contributed by atoms with Crippen molar-refractivity contribution < 1.29 is 0 Å². The molecule has 0 nitrogen and oxygen atoms in total. The predicted molar refractivity (Wildman–Crippen MR) is 70.2 cm³/mol. The molecule has 0 saturated heterocycles. The van der Waals surface area contributed by atoms with E-state index in [4.69, 9.17) is 23.8 Å². The van der Waals surface area contributed by atoms with Crippen molar-refractivity contribution in [3.8, 4) is 0 Å². The van der Waals surface area contributed by atoms with Crippen molar-refractivity contribution in [3.63, 3.8) is 0 Å². The smallest absolute Gasteiger partial charge is 0.0781 e. The summed E-state index contributed by atoms with van der Waals surface area (Å²) >= 11 is 12.6. The van der Waals surface area contributed by atoms with Gasteiger partial charge in [-0.1, -0.05) is 60.2 Å². The molecule has 0 aliphatic rings. The molecule has 0 spiro atoms. The first-order chi connectivity index (χ1) is 6.70. The molecular formula is C11H11ClS2. The van der Waals surface area contributed by atoms with E-state index < -0.39 is 0 Å². The highest BCUT2D eigenvalue weighted by Gasteiger charge is 1.98. The second kappa shape index (κ2) is 6.23. The SMILES string of the molecule is C/C(Cl)=C/CSC(=S)c1ccccc1. The molecule has 0 saturated carbocycles. The van der Waals surface area contributed by atoms with Crippen molar-refractivity contribution in [3.05, 3.63) is 47.0 Å². The molecule has 0 fully saturated rings. The van der Waals surface area contributed by atoms with Gasteiger partial charge in [0.25, 0.3) is 0 Å². The van der Waals surface area contributed by atoms with Crippen LogP contribution in [-0.2, 0) is 0 Å². The maximum absolute atomic E-state index is 5.71. The second-order valence-electron chi connectivity index (χ2n) is 2.76. The van der Waals surface area contributed by atoms with E-state index in [0.717, 1.165) is 20.5 Å². The normalized spacial score (nSPS) is 11.4. The number of hydrogen-bond acceptors (Lipinski definition) is 2. The van der Waals surface area contributed by atoms with Crippen molar-refractivity contribution in [1.29, 1.82) is 0 Å². The average Bonchev–Trinajstić information content (AvgIpc) is 2.18. The molecule has 1 aromatic carbocycles. The van der Waals surface area contributed by atoms with Gasteiger partial charge in [0.2, 0.25) is 0 Å². The van der Waals surface area contributed by atoms with Gasteiger partial charge in [0.1, 0.15) is 0 Å². The molecule has 1 aromatic rings. The lowest BCUT2D eigenvalue weighted by Gasteiger charge is -2.00. The third-order valence-corrected chi connectivity index (χ3v) is 3.16. The lowest BCUT2D eigenvalue weighted by molar-refractivity contribution is 1.60. The van der Waals surface area contributed by atoms with Crippen LogP contribution < -0.4 is 0 Å². The minimum atomic E-state index is 0.813. The Kier molecular flexibility index (Phi) is 5.23. The minimum absolute atomic E-state index is 0.813. The number of thiocarbonyl (C=S) groups is 1. The molecule has 0 aliphatic carbocycles. The van der Waals surface area contributed by atoms with Crippen molar-refractivity contribution in [2.45, 2.75) is 6.92 Å². The fourth-order valence-corrected chi connectivity index (χ4v) is 2.19. The molecule has 0 bridgehead atoms. The number of hydrogen-bond donors (Lipinski definition) is 0. The average molecular weight is 243 g/mol. The Morgan fingerprint density at radius 1 is 1.43 bits per heavy atom. The molecule has 1 rings (SSSR count). The molecule has 0 heterocycles. The van der Waals surface area contributed by atoms with Crippen molar-refractivity contribution in [2.75, 3.05) is 5.75 Å². The van der Waals surface area contributed by atoms with Crippen LogP contribution in [0.2, 0.25) is 0 Å². The fraction of sp³-hybridized carbons (Fsp3) is 0.182. The van der Waals surface area contributed by atoms with Crippen LogP contribution in [0.4, 0.5) is 0 Å². The lowest BCUT2D eigenvalue weighted by Crippen LogP contribution is -1.91. The van der Waals surface area contributed by atoms with Crippen LogP contribution in [0.15, 0.2) is 41.4 Å². The fourth-order valence-electron chi connectivity index (χ4n) is 0.890. The van der Waals surface area contributed by atoms with Crippen molar-refractivity contribution >= 4 is 39.8 Å². The minimum Gasteiger partial charge on any atom is -0.110 e. The maximum Gasteiger partial charge on any atom is 0.0781 e. The molecule has 0 unspecified atom stereocenters. The summed E-state index contributed by atoms with van der Waals surface area (Å²) in [5.41, 5.74) is 1.10. The summed E-state index contributed by atoms with van der Waals surface area (Å²) in [6.07, 6.45) is 1.96. The van der Waals surface area contributed by atoms with E-state index >= 15 is 0 Å². The Bertz CT molecular complexity index is 326. The van der Waals surface area contributed by atoms with E-state index in [-0.39, 0.29) is 0 Å². The molecular weight excluding hydrogens is 232 g/mol. The Morgan fingerprint density at radius 2 is 2.07 bits per heavy atom. The van der Waals surface area contributed by atoms with Gasteiger partial charge in [-0.2, -0.15) is 0 Å². The molecule has 14 heavy (non-hydrogen) atoms. The summed E-state index contributed by atoms with van der Waals surface area (Å²) in [4.78, 5) is 0.